The fraction of sp³-hybridized carbons (Fsp3) is 0.400. The van der Waals surface area contributed by atoms with Crippen LogP contribution in [0.1, 0.15) is 38.1 Å². The van der Waals surface area contributed by atoms with Gasteiger partial charge in [-0.05, 0) is 25.0 Å². The first-order chi connectivity index (χ1) is 9.43. The van der Waals surface area contributed by atoms with Crippen molar-refractivity contribution < 1.29 is 0 Å². The highest BCUT2D eigenvalue weighted by molar-refractivity contribution is 6.01. The number of benzene rings is 1. The largest absolute Gasteiger partial charge is 0.254 e. The van der Waals surface area contributed by atoms with Gasteiger partial charge in [0.1, 0.15) is 5.52 Å². The van der Waals surface area contributed by atoms with Crippen LogP contribution in [0.25, 0.3) is 21.9 Å². The van der Waals surface area contributed by atoms with Crippen molar-refractivity contribution in [3.8, 4) is 0 Å². The quantitative estimate of drug-likeness (QED) is 0.666. The third kappa shape index (κ3) is 1.70. The van der Waals surface area contributed by atoms with E-state index in [-0.39, 0.29) is 0 Å². The maximum Gasteiger partial charge on any atom is 0.139 e. The summed E-state index contributed by atoms with van der Waals surface area (Å²) in [4.78, 5) is 4.45. The fourth-order valence-electron chi connectivity index (χ4n) is 3.14. The van der Waals surface area contributed by atoms with Gasteiger partial charge in [-0.25, -0.2) is 4.68 Å². The minimum atomic E-state index is 0.514. The number of nitrogens with zero attached hydrogens (tertiary/aromatic N) is 4. The standard InChI is InChI=1S/C15H16N4/c1-2-6-12(7-3-1)19-13-9-8-11-5-4-10-16-14(11)15(13)17-18-19/h4-5,8-10,12H,1-3,6-7H2. The second kappa shape index (κ2) is 4.30. The summed E-state index contributed by atoms with van der Waals surface area (Å²) in [5, 5.41) is 9.90. The summed E-state index contributed by atoms with van der Waals surface area (Å²) in [6.45, 7) is 0. The first kappa shape index (κ1) is 10.9. The molecule has 0 N–H and O–H groups in total. The molecule has 4 heteroatoms. The smallest absolute Gasteiger partial charge is 0.139 e. The zero-order chi connectivity index (χ0) is 12.7. The van der Waals surface area contributed by atoms with Gasteiger partial charge in [-0.2, -0.15) is 0 Å². The van der Waals surface area contributed by atoms with E-state index in [9.17, 15) is 0 Å². The van der Waals surface area contributed by atoms with Crippen LogP contribution in [0.3, 0.4) is 0 Å². The molecule has 1 saturated carbocycles. The molecule has 0 saturated heterocycles. The number of pyridine rings is 1. The van der Waals surface area contributed by atoms with Gasteiger partial charge in [0.2, 0.25) is 0 Å². The van der Waals surface area contributed by atoms with E-state index in [1.807, 2.05) is 12.3 Å². The average molecular weight is 252 g/mol. The Labute approximate surface area is 111 Å². The topological polar surface area (TPSA) is 43.6 Å². The molecular formula is C15H16N4. The Bertz CT molecular complexity index is 725. The van der Waals surface area contributed by atoms with Gasteiger partial charge in [0.15, 0.2) is 0 Å². The summed E-state index contributed by atoms with van der Waals surface area (Å²) in [6, 6.07) is 8.79. The first-order valence-electron chi connectivity index (χ1n) is 7.02. The number of hydrogen-bond donors (Lipinski definition) is 0. The summed E-state index contributed by atoms with van der Waals surface area (Å²) < 4.78 is 2.11. The monoisotopic (exact) mass is 252 g/mol. The molecule has 3 aromatic rings. The second-order valence-electron chi connectivity index (χ2n) is 5.33. The summed E-state index contributed by atoms with van der Waals surface area (Å²) in [5.74, 6) is 0. The van der Waals surface area contributed by atoms with E-state index in [0.29, 0.717) is 6.04 Å². The second-order valence-corrected chi connectivity index (χ2v) is 5.33. The molecule has 1 aliphatic carbocycles. The van der Waals surface area contributed by atoms with Crippen LogP contribution in [-0.4, -0.2) is 20.0 Å². The van der Waals surface area contributed by atoms with Gasteiger partial charge >= 0.3 is 0 Å². The van der Waals surface area contributed by atoms with Gasteiger partial charge < -0.3 is 0 Å². The number of hydrogen-bond acceptors (Lipinski definition) is 3. The Kier molecular flexibility index (Phi) is 2.47. The molecule has 0 spiro atoms. The van der Waals surface area contributed by atoms with Crippen molar-refractivity contribution in [3.05, 3.63) is 30.5 Å². The van der Waals surface area contributed by atoms with Gasteiger partial charge in [-0.3, -0.25) is 4.98 Å². The molecule has 4 nitrogen and oxygen atoms in total. The van der Waals surface area contributed by atoms with E-state index in [1.165, 1.54) is 32.1 Å². The van der Waals surface area contributed by atoms with Crippen molar-refractivity contribution in [2.24, 2.45) is 0 Å². The van der Waals surface area contributed by atoms with Crippen molar-refractivity contribution in [1.82, 2.24) is 20.0 Å². The van der Waals surface area contributed by atoms with Crippen LogP contribution in [0.2, 0.25) is 0 Å². The lowest BCUT2D eigenvalue weighted by Gasteiger charge is -2.21. The van der Waals surface area contributed by atoms with E-state index in [2.05, 4.69) is 38.2 Å². The predicted octanol–water partition coefficient (Wildman–Crippen LogP) is 3.48. The van der Waals surface area contributed by atoms with Gasteiger partial charge in [0, 0.05) is 11.6 Å². The van der Waals surface area contributed by atoms with Gasteiger partial charge in [0.25, 0.3) is 0 Å². The molecule has 0 radical (unpaired) electrons. The molecule has 0 atom stereocenters. The normalized spacial score (nSPS) is 17.3. The molecule has 0 bridgehead atoms. The molecule has 0 amide bonds. The summed E-state index contributed by atoms with van der Waals surface area (Å²) in [5.41, 5.74) is 3.02. The molecule has 1 aliphatic rings. The van der Waals surface area contributed by atoms with Crippen molar-refractivity contribution >= 4 is 21.9 Å². The molecule has 96 valence electrons. The lowest BCUT2D eigenvalue weighted by Crippen LogP contribution is -2.14. The van der Waals surface area contributed by atoms with Crippen molar-refractivity contribution in [2.45, 2.75) is 38.1 Å². The van der Waals surface area contributed by atoms with E-state index < -0.39 is 0 Å². The van der Waals surface area contributed by atoms with Gasteiger partial charge in [-0.1, -0.05) is 36.6 Å². The van der Waals surface area contributed by atoms with Crippen LogP contribution < -0.4 is 0 Å². The zero-order valence-corrected chi connectivity index (χ0v) is 10.8. The molecule has 1 fully saturated rings. The Morgan fingerprint density at radius 1 is 1.00 bits per heavy atom. The molecule has 2 aromatic heterocycles. The highest BCUT2D eigenvalue weighted by Gasteiger charge is 2.19. The van der Waals surface area contributed by atoms with Crippen molar-refractivity contribution in [2.75, 3.05) is 0 Å². The highest BCUT2D eigenvalue weighted by Crippen LogP contribution is 2.31. The summed E-state index contributed by atoms with van der Waals surface area (Å²) in [6.07, 6.45) is 8.22. The SMILES string of the molecule is c1cnc2c(c1)ccc1c2nnn1C1CCCCC1. The van der Waals surface area contributed by atoms with Crippen LogP contribution >= 0.6 is 0 Å². The number of rotatable bonds is 1. The molecule has 0 unspecified atom stereocenters. The van der Waals surface area contributed by atoms with E-state index in [1.54, 1.807) is 0 Å². The molecule has 0 aliphatic heterocycles. The van der Waals surface area contributed by atoms with E-state index in [4.69, 9.17) is 0 Å². The van der Waals surface area contributed by atoms with E-state index >= 15 is 0 Å². The summed E-state index contributed by atoms with van der Waals surface area (Å²) in [7, 11) is 0. The Hall–Kier alpha value is -1.97. The molecular weight excluding hydrogens is 236 g/mol. The fourth-order valence-corrected chi connectivity index (χ4v) is 3.14. The Morgan fingerprint density at radius 2 is 1.89 bits per heavy atom. The number of aromatic nitrogens is 4. The van der Waals surface area contributed by atoms with Gasteiger partial charge in [0.05, 0.1) is 17.1 Å². The predicted molar refractivity (Wildman–Crippen MR) is 75.0 cm³/mol. The first-order valence-corrected chi connectivity index (χ1v) is 7.02. The maximum atomic E-state index is 4.45. The lowest BCUT2D eigenvalue weighted by molar-refractivity contribution is 0.331. The lowest BCUT2D eigenvalue weighted by atomic mass is 9.95. The van der Waals surface area contributed by atoms with Crippen LogP contribution in [0, 0.1) is 0 Å². The average Bonchev–Trinajstić information content (AvgIpc) is 2.92. The zero-order valence-electron chi connectivity index (χ0n) is 10.8. The maximum absolute atomic E-state index is 4.45. The molecule has 2 heterocycles. The summed E-state index contributed by atoms with van der Waals surface area (Å²) >= 11 is 0. The van der Waals surface area contributed by atoms with Gasteiger partial charge in [-0.15, -0.1) is 5.10 Å². The third-order valence-corrected chi connectivity index (χ3v) is 4.14. The van der Waals surface area contributed by atoms with Crippen molar-refractivity contribution in [3.63, 3.8) is 0 Å². The third-order valence-electron chi connectivity index (χ3n) is 4.14. The van der Waals surface area contributed by atoms with Crippen LogP contribution in [-0.2, 0) is 0 Å². The molecule has 4 rings (SSSR count). The minimum Gasteiger partial charge on any atom is -0.254 e. The molecule has 19 heavy (non-hydrogen) atoms. The minimum absolute atomic E-state index is 0.514. The van der Waals surface area contributed by atoms with Crippen LogP contribution in [0.15, 0.2) is 30.5 Å². The Balaban J connectivity index is 1.91. The van der Waals surface area contributed by atoms with Crippen LogP contribution in [0.5, 0.6) is 0 Å². The highest BCUT2D eigenvalue weighted by atomic mass is 15.4. The van der Waals surface area contributed by atoms with Crippen LogP contribution in [0.4, 0.5) is 0 Å². The number of fused-ring (bicyclic) bond motifs is 3. The van der Waals surface area contributed by atoms with E-state index in [0.717, 1.165) is 21.9 Å². The molecule has 1 aromatic carbocycles. The van der Waals surface area contributed by atoms with Crippen molar-refractivity contribution in [1.29, 1.82) is 0 Å². The Morgan fingerprint density at radius 3 is 2.79 bits per heavy atom.